The molecular formula is C13H12F2N4O2S2. The zero-order valence-electron chi connectivity index (χ0n) is 12.2. The fourth-order valence-electron chi connectivity index (χ4n) is 2.14. The number of anilines is 1. The van der Waals surface area contributed by atoms with Gasteiger partial charge in [-0.1, -0.05) is 18.3 Å². The van der Waals surface area contributed by atoms with E-state index < -0.39 is 21.7 Å². The van der Waals surface area contributed by atoms with E-state index in [1.165, 1.54) is 22.8 Å². The molecule has 0 aliphatic rings. The Morgan fingerprint density at radius 1 is 1.26 bits per heavy atom. The van der Waals surface area contributed by atoms with E-state index in [0.717, 1.165) is 17.1 Å². The Hall–Kier alpha value is -2.07. The zero-order valence-corrected chi connectivity index (χ0v) is 13.8. The molecule has 122 valence electrons. The molecule has 23 heavy (non-hydrogen) atoms. The van der Waals surface area contributed by atoms with Gasteiger partial charge >= 0.3 is 0 Å². The summed E-state index contributed by atoms with van der Waals surface area (Å²) in [6, 6.07) is 2.45. The monoisotopic (exact) mass is 358 g/mol. The van der Waals surface area contributed by atoms with Crippen molar-refractivity contribution in [2.75, 3.05) is 4.72 Å². The van der Waals surface area contributed by atoms with Gasteiger partial charge in [0.2, 0.25) is 9.99 Å². The van der Waals surface area contributed by atoms with Crippen molar-refractivity contribution in [3.05, 3.63) is 40.5 Å². The highest BCUT2D eigenvalue weighted by molar-refractivity contribution is 7.92. The Morgan fingerprint density at radius 2 is 1.91 bits per heavy atom. The van der Waals surface area contributed by atoms with Crippen LogP contribution in [-0.4, -0.2) is 23.0 Å². The summed E-state index contributed by atoms with van der Waals surface area (Å²) in [6.45, 7) is 3.43. The van der Waals surface area contributed by atoms with Crippen LogP contribution in [0.25, 0.3) is 4.96 Å². The molecule has 10 heteroatoms. The third-order valence-corrected chi connectivity index (χ3v) is 5.57. The van der Waals surface area contributed by atoms with Gasteiger partial charge in [-0.3, -0.25) is 4.72 Å². The van der Waals surface area contributed by atoms with Crippen molar-refractivity contribution in [2.45, 2.75) is 25.3 Å². The van der Waals surface area contributed by atoms with Crippen LogP contribution in [0.3, 0.4) is 0 Å². The van der Waals surface area contributed by atoms with Gasteiger partial charge in [0, 0.05) is 6.07 Å². The topological polar surface area (TPSA) is 76.4 Å². The predicted molar refractivity (Wildman–Crippen MR) is 82.1 cm³/mol. The van der Waals surface area contributed by atoms with Gasteiger partial charge in [-0.25, -0.2) is 13.8 Å². The van der Waals surface area contributed by atoms with Gasteiger partial charge in [-0.2, -0.15) is 18.0 Å². The average Bonchev–Trinajstić information content (AvgIpc) is 2.91. The van der Waals surface area contributed by atoms with Gasteiger partial charge < -0.3 is 0 Å². The average molecular weight is 358 g/mol. The highest BCUT2D eigenvalue weighted by Crippen LogP contribution is 2.24. The number of nitrogens with zero attached hydrogens (tertiary/aromatic N) is 3. The molecule has 1 N–H and O–H groups in total. The number of rotatable bonds is 4. The van der Waals surface area contributed by atoms with E-state index in [-0.39, 0.29) is 16.4 Å². The van der Waals surface area contributed by atoms with Crippen LogP contribution in [0.4, 0.5) is 14.5 Å². The minimum absolute atomic E-state index is 0.145. The summed E-state index contributed by atoms with van der Waals surface area (Å²) in [5, 5.41) is 4.79. The van der Waals surface area contributed by atoms with E-state index >= 15 is 0 Å². The SMILES string of the molecule is CCc1nn2c(S(=O)(=O)Nc3cc(F)cc(F)c3)c(C)nc2s1. The molecule has 0 saturated heterocycles. The van der Waals surface area contributed by atoms with Crippen molar-refractivity contribution in [1.82, 2.24) is 14.6 Å². The highest BCUT2D eigenvalue weighted by atomic mass is 32.2. The third kappa shape index (κ3) is 2.91. The van der Waals surface area contributed by atoms with Crippen molar-refractivity contribution < 1.29 is 17.2 Å². The van der Waals surface area contributed by atoms with E-state index in [1.54, 1.807) is 0 Å². The van der Waals surface area contributed by atoms with E-state index in [9.17, 15) is 17.2 Å². The van der Waals surface area contributed by atoms with Crippen molar-refractivity contribution in [3.63, 3.8) is 0 Å². The predicted octanol–water partition coefficient (Wildman–Crippen LogP) is 2.74. The second-order valence-electron chi connectivity index (χ2n) is 4.81. The third-order valence-electron chi connectivity index (χ3n) is 3.04. The highest BCUT2D eigenvalue weighted by Gasteiger charge is 2.26. The lowest BCUT2D eigenvalue weighted by atomic mass is 10.3. The molecule has 0 radical (unpaired) electrons. The molecule has 6 nitrogen and oxygen atoms in total. The van der Waals surface area contributed by atoms with E-state index in [4.69, 9.17) is 0 Å². The molecule has 3 aromatic rings. The van der Waals surface area contributed by atoms with Gasteiger partial charge in [-0.05, 0) is 25.5 Å². The molecule has 0 atom stereocenters. The summed E-state index contributed by atoms with van der Waals surface area (Å²) in [4.78, 5) is 4.63. The fraction of sp³-hybridized carbons (Fsp3) is 0.231. The molecule has 3 rings (SSSR count). The van der Waals surface area contributed by atoms with Crippen LogP contribution in [0.5, 0.6) is 0 Å². The number of imidazole rings is 1. The normalized spacial score (nSPS) is 12.0. The van der Waals surface area contributed by atoms with Crippen molar-refractivity contribution in [1.29, 1.82) is 0 Å². The van der Waals surface area contributed by atoms with Crippen LogP contribution >= 0.6 is 11.3 Å². The lowest BCUT2D eigenvalue weighted by Gasteiger charge is -2.08. The number of sulfonamides is 1. The number of aryl methyl sites for hydroxylation is 2. The quantitative estimate of drug-likeness (QED) is 0.778. The van der Waals surface area contributed by atoms with Gasteiger partial charge in [0.1, 0.15) is 16.6 Å². The summed E-state index contributed by atoms with van der Waals surface area (Å²) < 4.78 is 55.0. The fourth-order valence-corrected chi connectivity index (χ4v) is 4.39. The molecule has 0 bridgehead atoms. The Morgan fingerprint density at radius 3 is 2.52 bits per heavy atom. The maximum absolute atomic E-state index is 13.2. The van der Waals surface area contributed by atoms with Gasteiger partial charge in [0.05, 0.1) is 11.4 Å². The lowest BCUT2D eigenvalue weighted by Crippen LogP contribution is -2.17. The summed E-state index contributed by atoms with van der Waals surface area (Å²) >= 11 is 1.29. The maximum atomic E-state index is 13.2. The molecule has 0 aliphatic heterocycles. The maximum Gasteiger partial charge on any atom is 0.281 e. The molecule has 2 heterocycles. The molecule has 0 amide bonds. The molecule has 0 spiro atoms. The zero-order chi connectivity index (χ0) is 16.8. The van der Waals surface area contributed by atoms with Crippen LogP contribution in [0.1, 0.15) is 17.6 Å². The number of fused-ring (bicyclic) bond motifs is 1. The smallest absolute Gasteiger partial charge is 0.278 e. The summed E-state index contributed by atoms with van der Waals surface area (Å²) in [7, 11) is -4.09. The minimum Gasteiger partial charge on any atom is -0.278 e. The Balaban J connectivity index is 2.08. The molecule has 0 saturated carbocycles. The Labute approximate surface area is 134 Å². The standard InChI is InChI=1S/C13H12F2N4O2S2/c1-3-11-17-19-12(7(2)16-13(19)22-11)23(20,21)18-10-5-8(14)4-9(15)6-10/h4-6,18H,3H2,1-2H3. The Bertz CT molecular complexity index is 975. The minimum atomic E-state index is -4.09. The number of hydrogen-bond acceptors (Lipinski definition) is 5. The first kappa shape index (κ1) is 15.8. The summed E-state index contributed by atoms with van der Waals surface area (Å²) in [5.74, 6) is -1.75. The first-order valence-electron chi connectivity index (χ1n) is 6.64. The van der Waals surface area contributed by atoms with Crippen molar-refractivity contribution in [3.8, 4) is 0 Å². The van der Waals surface area contributed by atoms with Gasteiger partial charge in [-0.15, -0.1) is 0 Å². The number of hydrogen-bond donors (Lipinski definition) is 1. The van der Waals surface area contributed by atoms with Crippen LogP contribution in [0.2, 0.25) is 0 Å². The summed E-state index contributed by atoms with van der Waals surface area (Å²) in [6.07, 6.45) is 0.648. The van der Waals surface area contributed by atoms with Crippen LogP contribution < -0.4 is 4.72 Å². The molecule has 0 aliphatic carbocycles. The van der Waals surface area contributed by atoms with E-state index in [1.807, 2.05) is 6.92 Å². The van der Waals surface area contributed by atoms with E-state index in [2.05, 4.69) is 14.8 Å². The number of halogens is 2. The van der Waals surface area contributed by atoms with Crippen LogP contribution in [-0.2, 0) is 16.4 Å². The molecular weight excluding hydrogens is 346 g/mol. The second-order valence-corrected chi connectivity index (χ2v) is 7.45. The Kier molecular flexibility index (Phi) is 3.80. The summed E-state index contributed by atoms with van der Waals surface area (Å²) in [5.41, 5.74) is 0.0542. The molecule has 0 unspecified atom stereocenters. The van der Waals surface area contributed by atoms with Gasteiger partial charge in [0.25, 0.3) is 10.0 Å². The van der Waals surface area contributed by atoms with Gasteiger partial charge in [0.15, 0.2) is 0 Å². The second kappa shape index (κ2) is 5.53. The molecule has 1 aromatic carbocycles. The van der Waals surface area contributed by atoms with Crippen LogP contribution in [0, 0.1) is 18.6 Å². The largest absolute Gasteiger partial charge is 0.281 e. The number of nitrogens with one attached hydrogen (secondary N) is 1. The first-order valence-corrected chi connectivity index (χ1v) is 8.94. The van der Waals surface area contributed by atoms with Crippen LogP contribution in [0.15, 0.2) is 23.2 Å². The number of aromatic nitrogens is 3. The molecule has 2 aromatic heterocycles. The van der Waals surface area contributed by atoms with E-state index in [0.29, 0.717) is 17.4 Å². The number of benzene rings is 1. The lowest BCUT2D eigenvalue weighted by molar-refractivity contribution is 0.583. The van der Waals surface area contributed by atoms with Crippen molar-refractivity contribution in [2.24, 2.45) is 0 Å². The van der Waals surface area contributed by atoms with Crippen molar-refractivity contribution >= 4 is 32.0 Å². The first-order chi connectivity index (χ1) is 10.8. The molecule has 0 fully saturated rings.